The molecule has 1 amide bonds. The van der Waals surface area contributed by atoms with Gasteiger partial charge in [-0.3, -0.25) is 4.79 Å². The van der Waals surface area contributed by atoms with Gasteiger partial charge in [0, 0.05) is 32.6 Å². The van der Waals surface area contributed by atoms with Gasteiger partial charge < -0.3 is 18.9 Å². The number of ether oxygens (including phenoxy) is 2. The van der Waals surface area contributed by atoms with Crippen LogP contribution in [0.25, 0.3) is 0 Å². The van der Waals surface area contributed by atoms with Gasteiger partial charge >= 0.3 is 0 Å². The van der Waals surface area contributed by atoms with E-state index < -0.39 is 0 Å². The molecule has 0 aliphatic rings. The van der Waals surface area contributed by atoms with E-state index in [1.165, 1.54) is 14.2 Å². The molecule has 0 radical (unpaired) electrons. The van der Waals surface area contributed by atoms with Crippen molar-refractivity contribution in [2.24, 2.45) is 7.05 Å². The van der Waals surface area contributed by atoms with E-state index in [1.54, 1.807) is 30.3 Å². The van der Waals surface area contributed by atoms with Crippen LogP contribution in [0.2, 0.25) is 5.02 Å². The highest BCUT2D eigenvalue weighted by Gasteiger charge is 2.20. The molecule has 6 nitrogen and oxygen atoms in total. The molecule has 0 aliphatic carbocycles. The molecular weight excluding hydrogens is 306 g/mol. The first-order chi connectivity index (χ1) is 10.5. The third kappa shape index (κ3) is 3.17. The zero-order chi connectivity index (χ0) is 16.3. The number of hydrogen-bond acceptors (Lipinski definition) is 4. The topological polar surface area (TPSA) is 56.6 Å². The van der Waals surface area contributed by atoms with E-state index in [9.17, 15) is 4.79 Å². The largest absolute Gasteiger partial charge is 0.493 e. The van der Waals surface area contributed by atoms with Gasteiger partial charge in [0.05, 0.1) is 31.4 Å². The molecule has 2 rings (SSSR count). The lowest BCUT2D eigenvalue weighted by Crippen LogP contribution is -2.27. The molecule has 7 heteroatoms. The Morgan fingerprint density at radius 2 is 1.95 bits per heavy atom. The van der Waals surface area contributed by atoms with Gasteiger partial charge in [0.2, 0.25) is 0 Å². The summed E-state index contributed by atoms with van der Waals surface area (Å²) < 4.78 is 12.2. The summed E-state index contributed by atoms with van der Waals surface area (Å²) >= 11 is 6.19. The molecule has 0 saturated carbocycles. The highest BCUT2D eigenvalue weighted by atomic mass is 35.5. The van der Waals surface area contributed by atoms with E-state index >= 15 is 0 Å². The second kappa shape index (κ2) is 6.70. The summed E-state index contributed by atoms with van der Waals surface area (Å²) in [5, 5.41) is 0.314. The van der Waals surface area contributed by atoms with E-state index in [0.29, 0.717) is 28.6 Å². The minimum Gasteiger partial charge on any atom is -0.493 e. The molecule has 1 aromatic heterocycles. The Kier molecular flexibility index (Phi) is 4.92. The number of rotatable bonds is 5. The van der Waals surface area contributed by atoms with E-state index in [2.05, 4.69) is 4.98 Å². The van der Waals surface area contributed by atoms with Gasteiger partial charge in [-0.2, -0.15) is 0 Å². The van der Waals surface area contributed by atoms with Gasteiger partial charge in [0.15, 0.2) is 11.5 Å². The molecule has 0 bridgehead atoms. The summed E-state index contributed by atoms with van der Waals surface area (Å²) in [6, 6.07) is 3.15. The summed E-state index contributed by atoms with van der Waals surface area (Å²) in [5.41, 5.74) is 0.357. The fourth-order valence-electron chi connectivity index (χ4n) is 2.06. The average molecular weight is 324 g/mol. The van der Waals surface area contributed by atoms with Crippen LogP contribution in [0, 0.1) is 0 Å². The lowest BCUT2D eigenvalue weighted by atomic mass is 10.1. The van der Waals surface area contributed by atoms with E-state index in [-0.39, 0.29) is 5.91 Å². The number of carbonyl (C=O) groups excluding carboxylic acids is 1. The molecule has 0 fully saturated rings. The third-order valence-electron chi connectivity index (χ3n) is 3.35. The lowest BCUT2D eigenvalue weighted by molar-refractivity contribution is 0.0780. The van der Waals surface area contributed by atoms with Gasteiger partial charge in [0.25, 0.3) is 5.91 Å². The number of imidazole rings is 1. The fourth-order valence-corrected chi connectivity index (χ4v) is 2.29. The van der Waals surface area contributed by atoms with Crippen molar-refractivity contribution in [3.63, 3.8) is 0 Å². The van der Waals surface area contributed by atoms with Crippen molar-refractivity contribution in [1.29, 1.82) is 0 Å². The van der Waals surface area contributed by atoms with Gasteiger partial charge in [-0.25, -0.2) is 4.98 Å². The van der Waals surface area contributed by atoms with E-state index in [0.717, 1.165) is 5.82 Å². The number of hydrogen-bond donors (Lipinski definition) is 0. The Bertz CT molecular complexity index is 685. The maximum atomic E-state index is 12.6. The zero-order valence-corrected chi connectivity index (χ0v) is 13.7. The van der Waals surface area contributed by atoms with Crippen LogP contribution in [0.15, 0.2) is 24.5 Å². The predicted octanol–water partition coefficient (Wildman–Crippen LogP) is 2.36. The summed E-state index contributed by atoms with van der Waals surface area (Å²) in [4.78, 5) is 18.3. The number of methoxy groups -OCH3 is 2. The second-order valence-corrected chi connectivity index (χ2v) is 5.21. The maximum Gasteiger partial charge on any atom is 0.255 e. The van der Waals surface area contributed by atoms with Gasteiger partial charge in [0.1, 0.15) is 5.82 Å². The van der Waals surface area contributed by atoms with Crippen molar-refractivity contribution < 1.29 is 14.3 Å². The van der Waals surface area contributed by atoms with Crippen LogP contribution in [0.3, 0.4) is 0 Å². The molecule has 0 N–H and O–H groups in total. The molecule has 1 heterocycles. The minimum atomic E-state index is -0.214. The number of halogens is 1. The quantitative estimate of drug-likeness (QED) is 0.847. The van der Waals surface area contributed by atoms with Crippen molar-refractivity contribution >= 4 is 17.5 Å². The SMILES string of the molecule is COc1cc(Cl)c(C(=O)N(C)Cc2nccn2C)cc1OC. The minimum absolute atomic E-state index is 0.214. The number of nitrogens with zero attached hydrogens (tertiary/aromatic N) is 3. The standard InChI is InChI=1S/C15H18ClN3O3/c1-18-6-5-17-14(18)9-19(2)15(20)10-7-12(21-3)13(22-4)8-11(10)16/h5-8H,9H2,1-4H3. The van der Waals surface area contributed by atoms with Gasteiger partial charge in [-0.05, 0) is 6.07 Å². The molecule has 0 unspecified atom stereocenters. The van der Waals surface area contributed by atoms with Crippen LogP contribution in [0.4, 0.5) is 0 Å². The van der Waals surface area contributed by atoms with Crippen molar-refractivity contribution in [2.75, 3.05) is 21.3 Å². The summed E-state index contributed by atoms with van der Waals surface area (Å²) in [5.74, 6) is 1.51. The Labute approximate surface area is 134 Å². The first-order valence-corrected chi connectivity index (χ1v) is 6.99. The zero-order valence-electron chi connectivity index (χ0n) is 13.0. The van der Waals surface area contributed by atoms with E-state index in [1.807, 2.05) is 17.8 Å². The normalized spacial score (nSPS) is 10.4. The highest BCUT2D eigenvalue weighted by molar-refractivity contribution is 6.34. The van der Waals surface area contributed by atoms with Crippen LogP contribution in [-0.4, -0.2) is 41.6 Å². The van der Waals surface area contributed by atoms with Crippen LogP contribution in [0.1, 0.15) is 16.2 Å². The van der Waals surface area contributed by atoms with Gasteiger partial charge in [-0.1, -0.05) is 11.6 Å². The molecule has 2 aromatic rings. The molecular formula is C15H18ClN3O3. The van der Waals surface area contributed by atoms with Crippen LogP contribution in [0.5, 0.6) is 11.5 Å². The number of benzene rings is 1. The van der Waals surface area contributed by atoms with Crippen molar-refractivity contribution in [2.45, 2.75) is 6.54 Å². The van der Waals surface area contributed by atoms with Crippen molar-refractivity contribution in [3.8, 4) is 11.5 Å². The number of aromatic nitrogens is 2. The van der Waals surface area contributed by atoms with Gasteiger partial charge in [-0.15, -0.1) is 0 Å². The molecule has 0 saturated heterocycles. The highest BCUT2D eigenvalue weighted by Crippen LogP contribution is 2.33. The summed E-state index contributed by atoms with van der Waals surface area (Å²) in [7, 11) is 6.61. The maximum absolute atomic E-state index is 12.6. The Balaban J connectivity index is 2.27. The summed E-state index contributed by atoms with van der Waals surface area (Å²) in [6.07, 6.45) is 3.52. The Morgan fingerprint density at radius 3 is 2.50 bits per heavy atom. The molecule has 118 valence electrons. The van der Waals surface area contributed by atoms with E-state index in [4.69, 9.17) is 21.1 Å². The smallest absolute Gasteiger partial charge is 0.255 e. The van der Waals surface area contributed by atoms with Crippen LogP contribution < -0.4 is 9.47 Å². The molecule has 0 aliphatic heterocycles. The first-order valence-electron chi connectivity index (χ1n) is 6.61. The number of aryl methyl sites for hydroxylation is 1. The number of amides is 1. The Morgan fingerprint density at radius 1 is 1.32 bits per heavy atom. The monoisotopic (exact) mass is 323 g/mol. The average Bonchev–Trinajstić information content (AvgIpc) is 2.91. The predicted molar refractivity (Wildman–Crippen MR) is 83.6 cm³/mol. The third-order valence-corrected chi connectivity index (χ3v) is 3.66. The van der Waals surface area contributed by atoms with Crippen LogP contribution in [-0.2, 0) is 13.6 Å². The molecule has 0 atom stereocenters. The van der Waals surface area contributed by atoms with Crippen LogP contribution >= 0.6 is 11.6 Å². The summed E-state index contributed by atoms with van der Waals surface area (Å²) in [6.45, 7) is 0.382. The number of carbonyl (C=O) groups is 1. The lowest BCUT2D eigenvalue weighted by Gasteiger charge is -2.19. The van der Waals surface area contributed by atoms with Crippen molar-refractivity contribution in [1.82, 2.24) is 14.5 Å². The molecule has 0 spiro atoms. The fraction of sp³-hybridized carbons (Fsp3) is 0.333. The first kappa shape index (κ1) is 16.2. The second-order valence-electron chi connectivity index (χ2n) is 4.80. The van der Waals surface area contributed by atoms with Crippen molar-refractivity contribution in [3.05, 3.63) is 40.9 Å². The molecule has 1 aromatic carbocycles. The molecule has 22 heavy (non-hydrogen) atoms. The Hall–Kier alpha value is -2.21.